The lowest BCUT2D eigenvalue weighted by molar-refractivity contribution is -0.137. The summed E-state index contributed by atoms with van der Waals surface area (Å²) in [5.74, 6) is -2.84. The Balaban J connectivity index is 2.49. The Labute approximate surface area is 110 Å². The molecule has 0 saturated heterocycles. The largest absolute Gasteiger partial charge is 0.481 e. The van der Waals surface area contributed by atoms with E-state index in [2.05, 4.69) is 5.32 Å². The molecule has 4 nitrogen and oxygen atoms in total. The summed E-state index contributed by atoms with van der Waals surface area (Å²) in [6.45, 7) is 2.11. The highest BCUT2D eigenvalue weighted by Gasteiger charge is 2.17. The molecule has 0 bridgehead atoms. The number of carboxylic acids is 1. The molecule has 1 aromatic rings. The quantitative estimate of drug-likeness (QED) is 0.663. The number of halogens is 2. The van der Waals surface area contributed by atoms with Crippen molar-refractivity contribution in [2.75, 3.05) is 6.54 Å². The second kappa shape index (κ2) is 7.16. The molecule has 0 aliphatic carbocycles. The van der Waals surface area contributed by atoms with Crippen molar-refractivity contribution in [2.24, 2.45) is 0 Å². The summed E-state index contributed by atoms with van der Waals surface area (Å²) in [4.78, 5) is 10.3. The zero-order valence-corrected chi connectivity index (χ0v) is 10.6. The van der Waals surface area contributed by atoms with Crippen LogP contribution in [0.15, 0.2) is 18.2 Å². The van der Waals surface area contributed by atoms with Crippen LogP contribution in [0.25, 0.3) is 0 Å². The summed E-state index contributed by atoms with van der Waals surface area (Å²) in [7, 11) is 0. The van der Waals surface area contributed by atoms with Gasteiger partial charge in [0.05, 0.1) is 6.10 Å². The Hall–Kier alpha value is -1.53. The Morgan fingerprint density at radius 3 is 2.63 bits per heavy atom. The highest BCUT2D eigenvalue weighted by Crippen LogP contribution is 2.19. The van der Waals surface area contributed by atoms with Gasteiger partial charge in [-0.15, -0.1) is 0 Å². The zero-order chi connectivity index (χ0) is 14.4. The number of carboxylic acid groups (broad SMARTS) is 1. The van der Waals surface area contributed by atoms with Crippen molar-refractivity contribution in [3.8, 4) is 0 Å². The monoisotopic (exact) mass is 273 g/mol. The summed E-state index contributed by atoms with van der Waals surface area (Å²) in [5.41, 5.74) is 0.275. The molecule has 1 rings (SSSR count). The van der Waals surface area contributed by atoms with Crippen LogP contribution in [0.4, 0.5) is 8.78 Å². The standard InChI is InChI=1S/C13H17F2NO3/c1-8(16-6-2-3-12(17)18)13(19)9-4-5-10(14)11(15)7-9/h4-5,7-8,13,16,19H,2-3,6H2,1H3,(H,17,18). The minimum Gasteiger partial charge on any atom is -0.481 e. The van der Waals surface area contributed by atoms with Gasteiger partial charge in [0, 0.05) is 12.5 Å². The van der Waals surface area contributed by atoms with Crippen molar-refractivity contribution >= 4 is 5.97 Å². The van der Waals surface area contributed by atoms with E-state index in [0.29, 0.717) is 13.0 Å². The maximum Gasteiger partial charge on any atom is 0.303 e. The third-order valence-corrected chi connectivity index (χ3v) is 2.79. The molecule has 0 saturated carbocycles. The predicted octanol–water partition coefficient (Wildman–Crippen LogP) is 1.84. The van der Waals surface area contributed by atoms with E-state index < -0.39 is 29.7 Å². The molecule has 0 aromatic heterocycles. The van der Waals surface area contributed by atoms with Crippen molar-refractivity contribution in [3.05, 3.63) is 35.4 Å². The molecule has 0 fully saturated rings. The van der Waals surface area contributed by atoms with Crippen LogP contribution in [-0.4, -0.2) is 28.8 Å². The molecule has 0 spiro atoms. The molecular weight excluding hydrogens is 256 g/mol. The number of benzene rings is 1. The van der Waals surface area contributed by atoms with Gasteiger partial charge in [0.2, 0.25) is 0 Å². The number of nitrogens with one attached hydrogen (secondary N) is 1. The lowest BCUT2D eigenvalue weighted by Crippen LogP contribution is -2.33. The Kier molecular flexibility index (Phi) is 5.85. The zero-order valence-electron chi connectivity index (χ0n) is 10.6. The molecule has 0 radical (unpaired) electrons. The molecular formula is C13H17F2NO3. The van der Waals surface area contributed by atoms with Crippen LogP contribution in [0.3, 0.4) is 0 Å². The first-order valence-electron chi connectivity index (χ1n) is 6.00. The lowest BCUT2D eigenvalue weighted by Gasteiger charge is -2.20. The minimum atomic E-state index is -1.00. The predicted molar refractivity (Wildman–Crippen MR) is 65.7 cm³/mol. The third kappa shape index (κ3) is 4.92. The average Bonchev–Trinajstić information content (AvgIpc) is 2.36. The molecule has 0 aliphatic heterocycles. The summed E-state index contributed by atoms with van der Waals surface area (Å²) >= 11 is 0. The van der Waals surface area contributed by atoms with Crippen LogP contribution in [0.1, 0.15) is 31.4 Å². The second-order valence-corrected chi connectivity index (χ2v) is 4.36. The molecule has 19 heavy (non-hydrogen) atoms. The summed E-state index contributed by atoms with van der Waals surface area (Å²) in [5, 5.41) is 21.4. The average molecular weight is 273 g/mol. The second-order valence-electron chi connectivity index (χ2n) is 4.36. The van der Waals surface area contributed by atoms with Crippen LogP contribution < -0.4 is 5.32 Å². The Morgan fingerprint density at radius 1 is 1.37 bits per heavy atom. The normalized spacial score (nSPS) is 14.1. The van der Waals surface area contributed by atoms with Gasteiger partial charge in [0.1, 0.15) is 0 Å². The first kappa shape index (κ1) is 15.5. The number of hydrogen-bond acceptors (Lipinski definition) is 3. The van der Waals surface area contributed by atoms with E-state index in [1.807, 2.05) is 0 Å². The fourth-order valence-corrected chi connectivity index (χ4v) is 1.67. The van der Waals surface area contributed by atoms with Crippen molar-refractivity contribution in [1.29, 1.82) is 0 Å². The number of carbonyl (C=O) groups is 1. The smallest absolute Gasteiger partial charge is 0.303 e. The summed E-state index contributed by atoms with van der Waals surface area (Å²) < 4.78 is 25.8. The maximum atomic E-state index is 13.0. The fraction of sp³-hybridized carbons (Fsp3) is 0.462. The van der Waals surface area contributed by atoms with Crippen LogP contribution in [-0.2, 0) is 4.79 Å². The topological polar surface area (TPSA) is 69.6 Å². The van der Waals surface area contributed by atoms with Gasteiger partial charge in [0.25, 0.3) is 0 Å². The molecule has 0 amide bonds. The van der Waals surface area contributed by atoms with E-state index in [1.165, 1.54) is 6.07 Å². The number of hydrogen-bond donors (Lipinski definition) is 3. The van der Waals surface area contributed by atoms with E-state index in [0.717, 1.165) is 12.1 Å². The van der Waals surface area contributed by atoms with E-state index in [-0.39, 0.29) is 12.0 Å². The first-order valence-corrected chi connectivity index (χ1v) is 6.00. The van der Waals surface area contributed by atoms with Crippen molar-refractivity contribution < 1.29 is 23.8 Å². The number of rotatable bonds is 7. The number of aliphatic carboxylic acids is 1. The fourth-order valence-electron chi connectivity index (χ4n) is 1.67. The molecule has 1 aromatic carbocycles. The van der Waals surface area contributed by atoms with Crippen LogP contribution >= 0.6 is 0 Å². The van der Waals surface area contributed by atoms with Gasteiger partial charge in [-0.1, -0.05) is 6.07 Å². The molecule has 0 aliphatic rings. The van der Waals surface area contributed by atoms with Gasteiger partial charge in [-0.2, -0.15) is 0 Å². The van der Waals surface area contributed by atoms with Crippen molar-refractivity contribution in [2.45, 2.75) is 31.9 Å². The van der Waals surface area contributed by atoms with Crippen LogP contribution in [0.5, 0.6) is 0 Å². The van der Waals surface area contributed by atoms with Gasteiger partial charge < -0.3 is 15.5 Å². The minimum absolute atomic E-state index is 0.0427. The number of aliphatic hydroxyl groups is 1. The van der Waals surface area contributed by atoms with Crippen molar-refractivity contribution in [3.63, 3.8) is 0 Å². The molecule has 2 unspecified atom stereocenters. The SMILES string of the molecule is CC(NCCCC(=O)O)C(O)c1ccc(F)c(F)c1. The summed E-state index contributed by atoms with van der Waals surface area (Å²) in [6.07, 6.45) is -0.509. The molecule has 6 heteroatoms. The third-order valence-electron chi connectivity index (χ3n) is 2.79. The molecule has 3 N–H and O–H groups in total. The Morgan fingerprint density at radius 2 is 2.05 bits per heavy atom. The molecule has 2 atom stereocenters. The first-order chi connectivity index (χ1) is 8.91. The maximum absolute atomic E-state index is 13.0. The molecule has 0 heterocycles. The van der Waals surface area contributed by atoms with Gasteiger partial charge in [-0.05, 0) is 37.6 Å². The van der Waals surface area contributed by atoms with E-state index in [9.17, 15) is 18.7 Å². The number of aliphatic hydroxyl groups excluding tert-OH is 1. The highest BCUT2D eigenvalue weighted by atomic mass is 19.2. The van der Waals surface area contributed by atoms with Gasteiger partial charge in [-0.3, -0.25) is 4.79 Å². The van der Waals surface area contributed by atoms with Crippen molar-refractivity contribution in [1.82, 2.24) is 5.32 Å². The lowest BCUT2D eigenvalue weighted by atomic mass is 10.0. The van der Waals surface area contributed by atoms with Gasteiger partial charge in [0.15, 0.2) is 11.6 Å². The van der Waals surface area contributed by atoms with Crippen LogP contribution in [0.2, 0.25) is 0 Å². The molecule has 106 valence electrons. The van der Waals surface area contributed by atoms with E-state index in [4.69, 9.17) is 5.11 Å². The van der Waals surface area contributed by atoms with E-state index >= 15 is 0 Å². The van der Waals surface area contributed by atoms with Gasteiger partial charge in [-0.25, -0.2) is 8.78 Å². The van der Waals surface area contributed by atoms with Gasteiger partial charge >= 0.3 is 5.97 Å². The van der Waals surface area contributed by atoms with Crippen LogP contribution in [0, 0.1) is 11.6 Å². The summed E-state index contributed by atoms with van der Waals surface area (Å²) in [6, 6.07) is 2.84. The van der Waals surface area contributed by atoms with E-state index in [1.54, 1.807) is 6.92 Å². The highest BCUT2D eigenvalue weighted by molar-refractivity contribution is 5.66. The Bertz CT molecular complexity index is 440.